The molecule has 1 aliphatic rings. The number of rotatable bonds is 0. The first-order valence-corrected chi connectivity index (χ1v) is 6.55. The summed E-state index contributed by atoms with van der Waals surface area (Å²) in [5, 5.41) is 0. The van der Waals surface area contributed by atoms with Crippen LogP contribution in [0.15, 0.2) is 48.5 Å². The second-order valence-electron chi connectivity index (χ2n) is 4.94. The molecule has 1 aliphatic carbocycles. The van der Waals surface area contributed by atoms with Crippen molar-refractivity contribution in [2.24, 2.45) is 0 Å². The van der Waals surface area contributed by atoms with E-state index >= 15 is 0 Å². The van der Waals surface area contributed by atoms with E-state index in [0.717, 1.165) is 24.0 Å². The lowest BCUT2D eigenvalue weighted by atomic mass is 9.99. The molecule has 0 heterocycles. The van der Waals surface area contributed by atoms with Crippen LogP contribution in [0.4, 0.5) is 0 Å². The Balaban J connectivity index is 2.09. The SMILES string of the molecule is O=C1c2cccc(c2)CCCCc2cccc1c2. The van der Waals surface area contributed by atoms with Gasteiger partial charge in [0.15, 0.2) is 5.78 Å². The molecule has 0 saturated carbocycles. The third-order valence-electron chi connectivity index (χ3n) is 3.56. The van der Waals surface area contributed by atoms with Crippen molar-refractivity contribution in [1.82, 2.24) is 0 Å². The van der Waals surface area contributed by atoms with Crippen LogP contribution in [-0.2, 0) is 12.8 Å². The molecule has 0 unspecified atom stereocenters. The molecule has 0 amide bonds. The molecule has 1 heteroatoms. The lowest BCUT2D eigenvalue weighted by Crippen LogP contribution is -2.02. The van der Waals surface area contributed by atoms with E-state index in [4.69, 9.17) is 0 Å². The zero-order chi connectivity index (χ0) is 12.4. The molecule has 0 atom stereocenters. The van der Waals surface area contributed by atoms with Gasteiger partial charge in [0.2, 0.25) is 0 Å². The normalized spacial score (nSPS) is 15.0. The number of fused-ring (bicyclic) bond motifs is 4. The van der Waals surface area contributed by atoms with Crippen molar-refractivity contribution in [3.05, 3.63) is 70.8 Å². The van der Waals surface area contributed by atoms with Gasteiger partial charge in [-0.15, -0.1) is 0 Å². The molecule has 0 fully saturated rings. The average Bonchev–Trinajstić information content (AvgIpc) is 2.44. The Morgan fingerprint density at radius 1 is 0.722 bits per heavy atom. The van der Waals surface area contributed by atoms with Crippen molar-refractivity contribution in [2.75, 3.05) is 0 Å². The molecule has 0 N–H and O–H groups in total. The fourth-order valence-electron chi connectivity index (χ4n) is 2.56. The van der Waals surface area contributed by atoms with E-state index in [-0.39, 0.29) is 5.78 Å². The van der Waals surface area contributed by atoms with E-state index in [1.165, 1.54) is 24.0 Å². The molecule has 18 heavy (non-hydrogen) atoms. The second kappa shape index (κ2) is 4.77. The molecule has 4 bridgehead atoms. The van der Waals surface area contributed by atoms with Gasteiger partial charge in [-0.3, -0.25) is 4.79 Å². The minimum atomic E-state index is 0.139. The Morgan fingerprint density at radius 3 is 1.72 bits per heavy atom. The van der Waals surface area contributed by atoms with Gasteiger partial charge in [0.25, 0.3) is 0 Å². The van der Waals surface area contributed by atoms with Crippen LogP contribution in [0.3, 0.4) is 0 Å². The summed E-state index contributed by atoms with van der Waals surface area (Å²) < 4.78 is 0. The Kier molecular flexibility index (Phi) is 2.97. The summed E-state index contributed by atoms with van der Waals surface area (Å²) in [6.07, 6.45) is 4.50. The lowest BCUT2D eigenvalue weighted by molar-refractivity contribution is 0.103. The summed E-state index contributed by atoms with van der Waals surface area (Å²) in [7, 11) is 0. The zero-order valence-corrected chi connectivity index (χ0v) is 10.4. The highest BCUT2D eigenvalue weighted by molar-refractivity contribution is 6.09. The van der Waals surface area contributed by atoms with Crippen LogP contribution in [-0.4, -0.2) is 5.78 Å². The fraction of sp³-hybridized carbons (Fsp3) is 0.235. The Bertz CT molecular complexity index is 532. The highest BCUT2D eigenvalue weighted by Crippen LogP contribution is 2.18. The van der Waals surface area contributed by atoms with E-state index in [1.807, 2.05) is 36.4 Å². The predicted molar refractivity (Wildman–Crippen MR) is 73.0 cm³/mol. The molecule has 2 aromatic rings. The minimum absolute atomic E-state index is 0.139. The monoisotopic (exact) mass is 236 g/mol. The zero-order valence-electron chi connectivity index (χ0n) is 10.4. The van der Waals surface area contributed by atoms with Crippen LogP contribution < -0.4 is 0 Å². The summed E-state index contributed by atoms with van der Waals surface area (Å²) in [5.41, 5.74) is 4.17. The van der Waals surface area contributed by atoms with Gasteiger partial charge in [0.05, 0.1) is 0 Å². The Labute approximate surface area is 107 Å². The number of hydrogen-bond donors (Lipinski definition) is 0. The first-order chi connectivity index (χ1) is 8.83. The van der Waals surface area contributed by atoms with Gasteiger partial charge in [-0.2, -0.15) is 0 Å². The molecule has 1 nitrogen and oxygen atoms in total. The third-order valence-corrected chi connectivity index (χ3v) is 3.56. The van der Waals surface area contributed by atoms with Crippen LogP contribution in [0.25, 0.3) is 0 Å². The van der Waals surface area contributed by atoms with Gasteiger partial charge in [-0.1, -0.05) is 36.4 Å². The maximum atomic E-state index is 12.4. The summed E-state index contributed by atoms with van der Waals surface area (Å²) in [4.78, 5) is 12.4. The van der Waals surface area contributed by atoms with Crippen molar-refractivity contribution < 1.29 is 4.79 Å². The van der Waals surface area contributed by atoms with Gasteiger partial charge in [-0.25, -0.2) is 0 Å². The van der Waals surface area contributed by atoms with Crippen molar-refractivity contribution in [1.29, 1.82) is 0 Å². The molecule has 0 radical (unpaired) electrons. The fourth-order valence-corrected chi connectivity index (χ4v) is 2.56. The first kappa shape index (κ1) is 11.2. The largest absolute Gasteiger partial charge is 0.289 e. The van der Waals surface area contributed by atoms with Gasteiger partial charge in [0, 0.05) is 11.1 Å². The van der Waals surface area contributed by atoms with Crippen LogP contribution in [0, 0.1) is 0 Å². The summed E-state index contributed by atoms with van der Waals surface area (Å²) in [5.74, 6) is 0.139. The molecule has 0 aliphatic heterocycles. The smallest absolute Gasteiger partial charge is 0.193 e. The molecule has 3 rings (SSSR count). The van der Waals surface area contributed by atoms with Gasteiger partial charge >= 0.3 is 0 Å². The molecule has 0 aromatic heterocycles. The number of benzene rings is 2. The van der Waals surface area contributed by atoms with Crippen LogP contribution in [0.1, 0.15) is 39.9 Å². The number of ketones is 1. The van der Waals surface area contributed by atoms with Gasteiger partial charge in [0.1, 0.15) is 0 Å². The summed E-state index contributed by atoms with van der Waals surface area (Å²) >= 11 is 0. The highest BCUT2D eigenvalue weighted by Gasteiger charge is 2.11. The van der Waals surface area contributed by atoms with E-state index < -0.39 is 0 Å². The van der Waals surface area contributed by atoms with E-state index in [2.05, 4.69) is 12.1 Å². The second-order valence-corrected chi connectivity index (χ2v) is 4.94. The summed E-state index contributed by atoms with van der Waals surface area (Å²) in [6.45, 7) is 0. The number of aryl methyl sites for hydroxylation is 2. The quantitative estimate of drug-likeness (QED) is 0.680. The Morgan fingerprint density at radius 2 is 1.22 bits per heavy atom. The van der Waals surface area contributed by atoms with E-state index in [0.29, 0.717) is 0 Å². The lowest BCUT2D eigenvalue weighted by Gasteiger charge is -2.04. The summed E-state index contributed by atoms with van der Waals surface area (Å²) in [6, 6.07) is 16.1. The maximum absolute atomic E-state index is 12.4. The van der Waals surface area contributed by atoms with Gasteiger partial charge in [-0.05, 0) is 48.9 Å². The molecule has 2 aromatic carbocycles. The standard InChI is InChI=1S/C17H16O/c18-17-15-9-3-7-13(11-15)5-1-2-6-14-8-4-10-16(17)12-14/h3-4,7-12H,1-2,5-6H2. The van der Waals surface area contributed by atoms with Gasteiger partial charge < -0.3 is 0 Å². The first-order valence-electron chi connectivity index (χ1n) is 6.55. The Hall–Kier alpha value is -1.89. The van der Waals surface area contributed by atoms with Crippen molar-refractivity contribution >= 4 is 5.78 Å². The number of carbonyl (C=O) groups is 1. The molecular formula is C17H16O. The van der Waals surface area contributed by atoms with Crippen LogP contribution >= 0.6 is 0 Å². The molecule has 90 valence electrons. The predicted octanol–water partition coefficient (Wildman–Crippen LogP) is 3.80. The average molecular weight is 236 g/mol. The molecule has 0 spiro atoms. The van der Waals surface area contributed by atoms with Crippen molar-refractivity contribution in [3.8, 4) is 0 Å². The minimum Gasteiger partial charge on any atom is -0.289 e. The number of carbonyl (C=O) groups excluding carboxylic acids is 1. The van der Waals surface area contributed by atoms with E-state index in [9.17, 15) is 4.79 Å². The van der Waals surface area contributed by atoms with Crippen molar-refractivity contribution in [2.45, 2.75) is 25.7 Å². The number of hydrogen-bond acceptors (Lipinski definition) is 1. The van der Waals surface area contributed by atoms with Crippen LogP contribution in [0.2, 0.25) is 0 Å². The van der Waals surface area contributed by atoms with Crippen LogP contribution in [0.5, 0.6) is 0 Å². The topological polar surface area (TPSA) is 17.1 Å². The van der Waals surface area contributed by atoms with Crippen molar-refractivity contribution in [3.63, 3.8) is 0 Å². The van der Waals surface area contributed by atoms with E-state index in [1.54, 1.807) is 0 Å². The molecular weight excluding hydrogens is 220 g/mol. The third kappa shape index (κ3) is 2.21. The highest BCUT2D eigenvalue weighted by atomic mass is 16.1. The molecule has 0 saturated heterocycles. The maximum Gasteiger partial charge on any atom is 0.193 e.